The minimum Gasteiger partial charge on any atom is -0.396 e. The second-order valence-electron chi connectivity index (χ2n) is 2.13. The molecule has 2 N–H and O–H groups in total. The van der Waals surface area contributed by atoms with E-state index in [4.69, 9.17) is 10.5 Å². The molecule has 0 aromatic carbocycles. The van der Waals surface area contributed by atoms with E-state index in [2.05, 4.69) is 0 Å². The van der Waals surface area contributed by atoms with Crippen LogP contribution in [0, 0.1) is 5.41 Å². The van der Waals surface area contributed by atoms with Crippen molar-refractivity contribution >= 4 is 12.0 Å². The lowest BCUT2D eigenvalue weighted by Crippen LogP contribution is -1.98. The molecule has 10 heavy (non-hydrogen) atoms. The number of nitrogens with one attached hydrogen (secondary N) is 1. The number of unbranched alkanes of at least 4 members (excludes halogenated alkanes) is 1. The number of rotatable bonds is 6. The standard InChI is InChI=1S/C7H13NO2/c8-5-4-7(10)3-1-2-6-9/h5,8-9H,1-4,6H2. The Morgan fingerprint density at radius 2 is 2.20 bits per heavy atom. The van der Waals surface area contributed by atoms with Gasteiger partial charge >= 0.3 is 0 Å². The summed E-state index contributed by atoms with van der Waals surface area (Å²) >= 11 is 0. The Morgan fingerprint density at radius 3 is 2.70 bits per heavy atom. The summed E-state index contributed by atoms with van der Waals surface area (Å²) in [6.07, 6.45) is 3.27. The zero-order valence-corrected chi connectivity index (χ0v) is 5.97. The zero-order valence-electron chi connectivity index (χ0n) is 5.97. The van der Waals surface area contributed by atoms with Gasteiger partial charge in [-0.3, -0.25) is 4.79 Å². The summed E-state index contributed by atoms with van der Waals surface area (Å²) in [5, 5.41) is 15.0. The highest BCUT2D eigenvalue weighted by Crippen LogP contribution is 1.96. The van der Waals surface area contributed by atoms with Crippen LogP contribution in [0.15, 0.2) is 0 Å². The monoisotopic (exact) mass is 143 g/mol. The molecule has 0 heterocycles. The third-order valence-electron chi connectivity index (χ3n) is 1.19. The largest absolute Gasteiger partial charge is 0.396 e. The maximum Gasteiger partial charge on any atom is 0.138 e. The molecule has 3 heteroatoms. The van der Waals surface area contributed by atoms with E-state index in [-0.39, 0.29) is 18.8 Å². The van der Waals surface area contributed by atoms with E-state index >= 15 is 0 Å². The molecule has 0 fully saturated rings. The Morgan fingerprint density at radius 1 is 1.50 bits per heavy atom. The highest BCUT2D eigenvalue weighted by Gasteiger charge is 1.97. The van der Waals surface area contributed by atoms with Gasteiger partial charge in [0.2, 0.25) is 0 Å². The van der Waals surface area contributed by atoms with Crippen LogP contribution in [0.4, 0.5) is 0 Å². The van der Waals surface area contributed by atoms with Crippen LogP contribution in [0.1, 0.15) is 25.7 Å². The minimum atomic E-state index is 0.0865. The van der Waals surface area contributed by atoms with Crippen LogP contribution in [0.3, 0.4) is 0 Å². The van der Waals surface area contributed by atoms with Crippen molar-refractivity contribution < 1.29 is 9.90 Å². The highest BCUT2D eigenvalue weighted by atomic mass is 16.2. The molecule has 0 spiro atoms. The normalized spacial score (nSPS) is 9.30. The SMILES string of the molecule is N=CCC(=O)CCCCO. The first-order chi connectivity index (χ1) is 4.81. The highest BCUT2D eigenvalue weighted by molar-refractivity contribution is 5.90. The molecule has 0 bridgehead atoms. The lowest BCUT2D eigenvalue weighted by atomic mass is 10.1. The van der Waals surface area contributed by atoms with E-state index in [1.165, 1.54) is 0 Å². The molecular weight excluding hydrogens is 130 g/mol. The van der Waals surface area contributed by atoms with Crippen LogP contribution >= 0.6 is 0 Å². The van der Waals surface area contributed by atoms with Gasteiger partial charge in [-0.15, -0.1) is 0 Å². The minimum absolute atomic E-state index is 0.0865. The van der Waals surface area contributed by atoms with Gasteiger partial charge in [0.05, 0.1) is 0 Å². The maximum absolute atomic E-state index is 10.7. The van der Waals surface area contributed by atoms with Crippen LogP contribution in [0.2, 0.25) is 0 Å². The van der Waals surface area contributed by atoms with E-state index < -0.39 is 0 Å². The van der Waals surface area contributed by atoms with Crippen LogP contribution in [0.5, 0.6) is 0 Å². The molecule has 0 radical (unpaired) electrons. The van der Waals surface area contributed by atoms with Crippen molar-refractivity contribution in [3.63, 3.8) is 0 Å². The van der Waals surface area contributed by atoms with E-state index in [0.717, 1.165) is 12.6 Å². The predicted octanol–water partition coefficient (Wildman–Crippen LogP) is 0.758. The summed E-state index contributed by atoms with van der Waals surface area (Å²) in [5.74, 6) is 0.0865. The summed E-state index contributed by atoms with van der Waals surface area (Å²) in [7, 11) is 0. The van der Waals surface area contributed by atoms with Crippen molar-refractivity contribution in [3.8, 4) is 0 Å². The van der Waals surface area contributed by atoms with Crippen LogP contribution in [-0.2, 0) is 4.79 Å². The van der Waals surface area contributed by atoms with Crippen molar-refractivity contribution in [1.29, 1.82) is 5.41 Å². The Bertz CT molecular complexity index is 112. The number of carbonyl (C=O) groups is 1. The van der Waals surface area contributed by atoms with E-state index in [9.17, 15) is 4.79 Å². The second-order valence-corrected chi connectivity index (χ2v) is 2.13. The van der Waals surface area contributed by atoms with Gasteiger partial charge < -0.3 is 10.5 Å². The fourth-order valence-electron chi connectivity index (χ4n) is 0.650. The smallest absolute Gasteiger partial charge is 0.138 e. The number of hydrogen-bond acceptors (Lipinski definition) is 3. The second kappa shape index (κ2) is 6.42. The number of hydrogen-bond donors (Lipinski definition) is 2. The van der Waals surface area contributed by atoms with E-state index in [1.54, 1.807) is 0 Å². The molecule has 0 unspecified atom stereocenters. The number of carbonyl (C=O) groups excluding carboxylic acids is 1. The molecule has 0 aromatic heterocycles. The fraction of sp³-hybridized carbons (Fsp3) is 0.714. The Balaban J connectivity index is 3.13. The van der Waals surface area contributed by atoms with Gasteiger partial charge in [0.15, 0.2) is 0 Å². The summed E-state index contributed by atoms with van der Waals surface area (Å²) in [6.45, 7) is 0.151. The molecule has 58 valence electrons. The summed E-state index contributed by atoms with van der Waals surface area (Å²) < 4.78 is 0. The molecule has 0 aliphatic rings. The Hall–Kier alpha value is -0.700. The van der Waals surface area contributed by atoms with E-state index in [1.807, 2.05) is 0 Å². The van der Waals surface area contributed by atoms with Gasteiger partial charge in [0.25, 0.3) is 0 Å². The van der Waals surface area contributed by atoms with Crippen LogP contribution < -0.4 is 0 Å². The number of ketones is 1. The molecule has 0 aliphatic heterocycles. The number of aliphatic hydroxyl groups is 1. The lowest BCUT2D eigenvalue weighted by Gasteiger charge is -1.93. The van der Waals surface area contributed by atoms with Crippen molar-refractivity contribution in [2.24, 2.45) is 0 Å². The first-order valence-corrected chi connectivity index (χ1v) is 3.42. The van der Waals surface area contributed by atoms with Crippen molar-refractivity contribution in [1.82, 2.24) is 0 Å². The van der Waals surface area contributed by atoms with Crippen LogP contribution in [0.25, 0.3) is 0 Å². The summed E-state index contributed by atoms with van der Waals surface area (Å²) in [6, 6.07) is 0. The number of aliphatic hydroxyl groups excluding tert-OH is 1. The van der Waals surface area contributed by atoms with Crippen molar-refractivity contribution in [2.75, 3.05) is 6.61 Å². The first-order valence-electron chi connectivity index (χ1n) is 3.42. The molecule has 0 atom stereocenters. The van der Waals surface area contributed by atoms with Gasteiger partial charge in [-0.25, -0.2) is 0 Å². The molecule has 0 amide bonds. The molecule has 0 rings (SSSR count). The molecule has 0 aromatic rings. The Labute approximate surface area is 60.6 Å². The molecule has 3 nitrogen and oxygen atoms in total. The van der Waals surface area contributed by atoms with E-state index in [0.29, 0.717) is 12.8 Å². The van der Waals surface area contributed by atoms with Gasteiger partial charge in [0, 0.05) is 25.7 Å². The predicted molar refractivity (Wildman–Crippen MR) is 39.3 cm³/mol. The van der Waals surface area contributed by atoms with Gasteiger partial charge in [-0.2, -0.15) is 0 Å². The van der Waals surface area contributed by atoms with Crippen LogP contribution in [-0.4, -0.2) is 23.7 Å². The van der Waals surface area contributed by atoms with Crippen molar-refractivity contribution in [3.05, 3.63) is 0 Å². The average molecular weight is 143 g/mol. The maximum atomic E-state index is 10.7. The van der Waals surface area contributed by atoms with Gasteiger partial charge in [-0.05, 0) is 12.8 Å². The fourth-order valence-corrected chi connectivity index (χ4v) is 0.650. The average Bonchev–Trinajstić information content (AvgIpc) is 1.89. The summed E-state index contributed by atoms with van der Waals surface area (Å²) in [4.78, 5) is 10.7. The Kier molecular flexibility index (Phi) is 5.97. The summed E-state index contributed by atoms with van der Waals surface area (Å²) in [5.41, 5.74) is 0. The topological polar surface area (TPSA) is 61.2 Å². The molecule has 0 aliphatic carbocycles. The molecular formula is C7H13NO2. The van der Waals surface area contributed by atoms with Crippen molar-refractivity contribution in [2.45, 2.75) is 25.7 Å². The molecule has 0 saturated carbocycles. The third kappa shape index (κ3) is 5.44. The van der Waals surface area contributed by atoms with Gasteiger partial charge in [-0.1, -0.05) is 0 Å². The quantitative estimate of drug-likeness (QED) is 0.426. The first kappa shape index (κ1) is 9.30. The number of Topliss-reactive ketones (excluding diaryl/α,β-unsaturated/α-hetero) is 1. The zero-order chi connectivity index (χ0) is 7.82. The third-order valence-corrected chi connectivity index (χ3v) is 1.19. The lowest BCUT2D eigenvalue weighted by molar-refractivity contribution is -0.118. The molecule has 0 saturated heterocycles. The van der Waals surface area contributed by atoms with Gasteiger partial charge in [0.1, 0.15) is 5.78 Å².